The largest absolute Gasteiger partial charge is 0.143 e. The molecule has 17 heavy (non-hydrogen) atoms. The fourth-order valence-corrected chi connectivity index (χ4v) is 3.60. The highest BCUT2D eigenvalue weighted by Gasteiger charge is 2.08. The average molecular weight is 266 g/mol. The minimum atomic E-state index is 1.22. The Kier molecular flexibility index (Phi) is 7.38. The lowest BCUT2D eigenvalue weighted by atomic mass is 10.1. The molecule has 1 aromatic heterocycles. The van der Waals surface area contributed by atoms with Crippen LogP contribution in [0.5, 0.6) is 0 Å². The van der Waals surface area contributed by atoms with Crippen molar-refractivity contribution < 1.29 is 0 Å². The second-order valence-corrected chi connectivity index (χ2v) is 5.95. The third-order valence-electron chi connectivity index (χ3n) is 2.74. The highest BCUT2D eigenvalue weighted by atomic mass is 32.2. The lowest BCUT2D eigenvalue weighted by molar-refractivity contribution is 0.667. The second kappa shape index (κ2) is 8.60. The van der Waals surface area contributed by atoms with Crippen LogP contribution in [0.2, 0.25) is 0 Å². The van der Waals surface area contributed by atoms with Gasteiger partial charge in [0.15, 0.2) is 0 Å². The molecule has 0 N–H and O–H groups in total. The predicted octanol–water partition coefficient (Wildman–Crippen LogP) is 6.11. The Balaban J connectivity index is 2.61. The van der Waals surface area contributed by atoms with Crippen molar-refractivity contribution >= 4 is 28.0 Å². The molecular formula is C15H22S2. The van der Waals surface area contributed by atoms with E-state index in [1.165, 1.54) is 47.4 Å². The van der Waals surface area contributed by atoms with E-state index in [-0.39, 0.29) is 0 Å². The number of thioether (sulfide) groups is 1. The molecular weight excluding hydrogens is 244 g/mol. The number of hydrogen-bond acceptors (Lipinski definition) is 2. The number of hydrogen-bond donors (Lipinski definition) is 0. The zero-order valence-electron chi connectivity index (χ0n) is 10.9. The fourth-order valence-electron chi connectivity index (χ4n) is 1.83. The molecule has 0 amide bonds. The second-order valence-electron chi connectivity index (χ2n) is 4.02. The minimum Gasteiger partial charge on any atom is -0.143 e. The standard InChI is InChI=1S/C15H22S2/c1-4-7-8-9-10-13-11-12-17-15(13)14(5-2)16-6-3/h5-6,11-12H,3-4,7-10H2,1-2H3. The Morgan fingerprint density at radius 3 is 2.88 bits per heavy atom. The van der Waals surface area contributed by atoms with E-state index < -0.39 is 0 Å². The molecule has 1 rings (SSSR count). The van der Waals surface area contributed by atoms with Gasteiger partial charge in [0.1, 0.15) is 0 Å². The van der Waals surface area contributed by atoms with E-state index in [0.717, 1.165) is 0 Å². The topological polar surface area (TPSA) is 0 Å². The zero-order chi connectivity index (χ0) is 12.5. The molecule has 94 valence electrons. The third-order valence-corrected chi connectivity index (χ3v) is 4.72. The Morgan fingerprint density at radius 1 is 1.41 bits per heavy atom. The van der Waals surface area contributed by atoms with Gasteiger partial charge in [0, 0.05) is 9.78 Å². The summed E-state index contributed by atoms with van der Waals surface area (Å²) in [6, 6.07) is 2.28. The Labute approximate surface area is 114 Å². The number of unbranched alkanes of at least 4 members (excludes halogenated alkanes) is 3. The first-order chi connectivity index (χ1) is 8.33. The Morgan fingerprint density at radius 2 is 2.24 bits per heavy atom. The van der Waals surface area contributed by atoms with E-state index in [9.17, 15) is 0 Å². The number of allylic oxidation sites excluding steroid dienone is 1. The van der Waals surface area contributed by atoms with E-state index in [4.69, 9.17) is 0 Å². The van der Waals surface area contributed by atoms with Gasteiger partial charge in [-0.1, -0.05) is 50.6 Å². The highest BCUT2D eigenvalue weighted by Crippen LogP contribution is 2.34. The van der Waals surface area contributed by atoms with Crippen LogP contribution in [-0.2, 0) is 6.42 Å². The van der Waals surface area contributed by atoms with Gasteiger partial charge in [-0.05, 0) is 42.2 Å². The number of aryl methyl sites for hydroxylation is 1. The first kappa shape index (κ1) is 14.6. The van der Waals surface area contributed by atoms with Crippen molar-refractivity contribution in [2.24, 2.45) is 0 Å². The SMILES string of the molecule is C=CSC(=CC)c1sccc1CCCCCC. The fraction of sp³-hybridized carbons (Fsp3) is 0.467. The molecule has 0 bridgehead atoms. The van der Waals surface area contributed by atoms with Crippen molar-refractivity contribution in [2.45, 2.75) is 46.0 Å². The maximum absolute atomic E-state index is 3.80. The van der Waals surface area contributed by atoms with Gasteiger partial charge >= 0.3 is 0 Å². The summed E-state index contributed by atoms with van der Waals surface area (Å²) in [6.45, 7) is 8.16. The average Bonchev–Trinajstić information content (AvgIpc) is 2.80. The van der Waals surface area contributed by atoms with Crippen LogP contribution >= 0.6 is 23.1 Å². The van der Waals surface area contributed by atoms with Crippen molar-refractivity contribution in [3.63, 3.8) is 0 Å². The van der Waals surface area contributed by atoms with Crippen LogP contribution in [0, 0.1) is 0 Å². The van der Waals surface area contributed by atoms with Crippen molar-refractivity contribution in [1.29, 1.82) is 0 Å². The Bertz CT molecular complexity index is 361. The predicted molar refractivity (Wildman–Crippen MR) is 83.6 cm³/mol. The molecule has 0 saturated heterocycles. The highest BCUT2D eigenvalue weighted by molar-refractivity contribution is 8.11. The van der Waals surface area contributed by atoms with Crippen LogP contribution in [0.4, 0.5) is 0 Å². The summed E-state index contributed by atoms with van der Waals surface area (Å²) >= 11 is 3.58. The summed E-state index contributed by atoms with van der Waals surface area (Å²) in [5.41, 5.74) is 1.51. The molecule has 0 spiro atoms. The van der Waals surface area contributed by atoms with Crippen molar-refractivity contribution in [2.75, 3.05) is 0 Å². The minimum absolute atomic E-state index is 1.22. The van der Waals surface area contributed by atoms with Crippen LogP contribution < -0.4 is 0 Å². The molecule has 0 unspecified atom stereocenters. The van der Waals surface area contributed by atoms with Gasteiger partial charge in [0.2, 0.25) is 0 Å². The van der Waals surface area contributed by atoms with Gasteiger partial charge in [-0.15, -0.1) is 11.3 Å². The monoisotopic (exact) mass is 266 g/mol. The van der Waals surface area contributed by atoms with Crippen LogP contribution in [0.15, 0.2) is 29.5 Å². The summed E-state index contributed by atoms with van der Waals surface area (Å²) in [5, 5.41) is 4.12. The Hall–Kier alpha value is -0.470. The van der Waals surface area contributed by atoms with Crippen molar-refractivity contribution in [3.05, 3.63) is 40.0 Å². The molecule has 1 heterocycles. The first-order valence-electron chi connectivity index (χ1n) is 6.34. The van der Waals surface area contributed by atoms with E-state index >= 15 is 0 Å². The summed E-state index contributed by atoms with van der Waals surface area (Å²) in [6.07, 6.45) is 8.74. The van der Waals surface area contributed by atoms with Gasteiger partial charge in [-0.2, -0.15) is 0 Å². The molecule has 0 atom stereocenters. The molecule has 0 radical (unpaired) electrons. The molecule has 0 aliphatic carbocycles. The van der Waals surface area contributed by atoms with Crippen LogP contribution in [0.1, 0.15) is 50.0 Å². The van der Waals surface area contributed by atoms with E-state index in [1.54, 1.807) is 11.8 Å². The quantitative estimate of drug-likeness (QED) is 0.512. The third kappa shape index (κ3) is 4.72. The summed E-state index contributed by atoms with van der Waals surface area (Å²) in [5.74, 6) is 0. The molecule has 0 fully saturated rings. The maximum atomic E-state index is 3.80. The molecule has 0 aliphatic heterocycles. The van der Waals surface area contributed by atoms with Crippen LogP contribution in [-0.4, -0.2) is 0 Å². The van der Waals surface area contributed by atoms with Gasteiger partial charge in [-0.3, -0.25) is 0 Å². The van der Waals surface area contributed by atoms with Crippen molar-refractivity contribution in [3.8, 4) is 0 Å². The van der Waals surface area contributed by atoms with Gasteiger partial charge < -0.3 is 0 Å². The van der Waals surface area contributed by atoms with Gasteiger partial charge in [-0.25, -0.2) is 0 Å². The van der Waals surface area contributed by atoms with Crippen LogP contribution in [0.3, 0.4) is 0 Å². The molecule has 0 aliphatic rings. The summed E-state index contributed by atoms with van der Waals surface area (Å²) < 4.78 is 0. The van der Waals surface area contributed by atoms with E-state index in [1.807, 2.05) is 16.7 Å². The molecule has 1 aromatic rings. The smallest absolute Gasteiger partial charge is 0.0438 e. The normalized spacial score (nSPS) is 11.8. The van der Waals surface area contributed by atoms with E-state index in [2.05, 4.69) is 37.9 Å². The molecule has 0 aromatic carbocycles. The summed E-state index contributed by atoms with van der Waals surface area (Å²) in [4.78, 5) is 2.79. The first-order valence-corrected chi connectivity index (χ1v) is 8.10. The number of rotatable bonds is 8. The van der Waals surface area contributed by atoms with Gasteiger partial charge in [0.25, 0.3) is 0 Å². The summed E-state index contributed by atoms with van der Waals surface area (Å²) in [7, 11) is 0. The molecule has 2 heteroatoms. The zero-order valence-corrected chi connectivity index (χ0v) is 12.5. The number of thiophene rings is 1. The lowest BCUT2D eigenvalue weighted by Gasteiger charge is -2.05. The molecule has 0 saturated carbocycles. The lowest BCUT2D eigenvalue weighted by Crippen LogP contribution is -1.87. The van der Waals surface area contributed by atoms with E-state index in [0.29, 0.717) is 0 Å². The van der Waals surface area contributed by atoms with Crippen LogP contribution in [0.25, 0.3) is 4.91 Å². The molecule has 0 nitrogen and oxygen atoms in total. The van der Waals surface area contributed by atoms with Gasteiger partial charge in [0.05, 0.1) is 0 Å². The van der Waals surface area contributed by atoms with Crippen molar-refractivity contribution in [1.82, 2.24) is 0 Å². The maximum Gasteiger partial charge on any atom is 0.0438 e.